The van der Waals surface area contributed by atoms with Crippen LogP contribution in [0.25, 0.3) is 0 Å². The maximum absolute atomic E-state index is 12.7. The van der Waals surface area contributed by atoms with E-state index in [1.807, 2.05) is 0 Å². The smallest absolute Gasteiger partial charge is 0.357 e. The molecular formula is C21H41F3IN5. The predicted octanol–water partition coefficient (Wildman–Crippen LogP) is 3.90. The average Bonchev–Trinajstić information content (AvgIpc) is 3.14. The van der Waals surface area contributed by atoms with E-state index in [1.54, 1.807) is 6.92 Å². The van der Waals surface area contributed by atoms with Crippen molar-refractivity contribution in [2.45, 2.75) is 52.6 Å². The van der Waals surface area contributed by atoms with E-state index in [2.05, 4.69) is 29.0 Å². The van der Waals surface area contributed by atoms with Crippen LogP contribution in [0.2, 0.25) is 0 Å². The third kappa shape index (κ3) is 9.89. The summed E-state index contributed by atoms with van der Waals surface area (Å²) in [5.74, 6) is 1.95. The minimum absolute atomic E-state index is 0. The highest BCUT2D eigenvalue weighted by atomic mass is 127. The highest BCUT2D eigenvalue weighted by Crippen LogP contribution is 2.22. The van der Waals surface area contributed by atoms with Gasteiger partial charge >= 0.3 is 6.18 Å². The zero-order chi connectivity index (χ0) is 21.3. The summed E-state index contributed by atoms with van der Waals surface area (Å²) in [7, 11) is 0. The van der Waals surface area contributed by atoms with Crippen molar-refractivity contribution in [3.63, 3.8) is 0 Å². The van der Waals surface area contributed by atoms with Gasteiger partial charge in [-0.1, -0.05) is 13.8 Å². The monoisotopic (exact) mass is 547 g/mol. The number of piperidine rings is 1. The highest BCUT2D eigenvalue weighted by Gasteiger charge is 2.33. The molecule has 0 aromatic heterocycles. The molecule has 2 aliphatic heterocycles. The number of nitrogens with zero attached hydrogens (tertiary/aromatic N) is 4. The van der Waals surface area contributed by atoms with Gasteiger partial charge < -0.3 is 15.1 Å². The second-order valence-electron chi connectivity index (χ2n) is 8.45. The largest absolute Gasteiger partial charge is 0.401 e. The molecule has 0 aromatic carbocycles. The first-order valence-corrected chi connectivity index (χ1v) is 11.4. The predicted molar refractivity (Wildman–Crippen MR) is 129 cm³/mol. The van der Waals surface area contributed by atoms with Crippen LogP contribution in [0.4, 0.5) is 13.2 Å². The maximum Gasteiger partial charge on any atom is 0.401 e. The van der Waals surface area contributed by atoms with Crippen molar-refractivity contribution >= 4 is 29.9 Å². The molecule has 0 saturated carbocycles. The first kappa shape index (κ1) is 27.7. The third-order valence-corrected chi connectivity index (χ3v) is 6.24. The molecule has 1 atom stereocenters. The van der Waals surface area contributed by atoms with Gasteiger partial charge in [0.2, 0.25) is 0 Å². The van der Waals surface area contributed by atoms with Gasteiger partial charge in [0, 0.05) is 32.7 Å². The first-order valence-electron chi connectivity index (χ1n) is 11.4. The summed E-state index contributed by atoms with van der Waals surface area (Å²) in [6, 6.07) is 0. The number of guanidine groups is 1. The zero-order valence-corrected chi connectivity index (χ0v) is 21.2. The molecule has 2 heterocycles. The Morgan fingerprint density at radius 3 is 2.30 bits per heavy atom. The standard InChI is InChI=1S/C21H40F3N5.HI/c1-4-25-20(26-11-7-18-8-12-27(5-2)13-9-18)29-14-10-19(16-29)15-28(6-3)17-21(22,23)24;/h18-19H,4-17H2,1-3H3,(H,25,26);1H. The molecule has 0 aliphatic carbocycles. The van der Waals surface area contributed by atoms with E-state index in [0.29, 0.717) is 13.1 Å². The Morgan fingerprint density at radius 2 is 1.73 bits per heavy atom. The number of halogens is 4. The number of hydrogen-bond acceptors (Lipinski definition) is 3. The number of nitrogens with one attached hydrogen (secondary N) is 1. The van der Waals surface area contributed by atoms with Gasteiger partial charge in [0.15, 0.2) is 5.96 Å². The molecule has 2 rings (SSSR count). The molecule has 1 N–H and O–H groups in total. The second-order valence-corrected chi connectivity index (χ2v) is 8.45. The Hall–Kier alpha value is -0.290. The summed E-state index contributed by atoms with van der Waals surface area (Å²) in [5.41, 5.74) is 0. The van der Waals surface area contributed by atoms with Crippen molar-refractivity contribution in [1.29, 1.82) is 0 Å². The van der Waals surface area contributed by atoms with Crippen LogP contribution < -0.4 is 5.32 Å². The van der Waals surface area contributed by atoms with Gasteiger partial charge in [0.1, 0.15) is 0 Å². The summed E-state index contributed by atoms with van der Waals surface area (Å²) in [6.45, 7) is 13.0. The Labute approximate surface area is 197 Å². The second kappa shape index (κ2) is 14.0. The molecule has 2 saturated heterocycles. The van der Waals surface area contributed by atoms with Crippen molar-refractivity contribution in [3.05, 3.63) is 0 Å². The number of hydrogen-bond donors (Lipinski definition) is 1. The number of likely N-dealkylation sites (tertiary alicyclic amines) is 2. The lowest BCUT2D eigenvalue weighted by molar-refractivity contribution is -0.146. The van der Waals surface area contributed by atoms with E-state index in [9.17, 15) is 13.2 Å². The molecule has 178 valence electrons. The van der Waals surface area contributed by atoms with Crippen LogP contribution >= 0.6 is 24.0 Å². The van der Waals surface area contributed by atoms with Gasteiger partial charge in [-0.05, 0) is 70.6 Å². The molecule has 1 unspecified atom stereocenters. The van der Waals surface area contributed by atoms with Gasteiger partial charge in [-0.15, -0.1) is 24.0 Å². The molecule has 0 spiro atoms. The van der Waals surface area contributed by atoms with E-state index in [1.165, 1.54) is 30.8 Å². The molecule has 0 aromatic rings. The topological polar surface area (TPSA) is 34.1 Å². The van der Waals surface area contributed by atoms with Crippen LogP contribution in [0.5, 0.6) is 0 Å². The minimum Gasteiger partial charge on any atom is -0.357 e. The van der Waals surface area contributed by atoms with Crippen molar-refractivity contribution < 1.29 is 13.2 Å². The van der Waals surface area contributed by atoms with Gasteiger partial charge in [-0.25, -0.2) is 0 Å². The van der Waals surface area contributed by atoms with Gasteiger partial charge in [-0.2, -0.15) is 13.2 Å². The molecule has 2 aliphatic rings. The van der Waals surface area contributed by atoms with Crippen LogP contribution in [-0.2, 0) is 0 Å². The average molecular weight is 547 g/mol. The van der Waals surface area contributed by atoms with Crippen molar-refractivity contribution in [3.8, 4) is 0 Å². The van der Waals surface area contributed by atoms with E-state index < -0.39 is 12.7 Å². The van der Waals surface area contributed by atoms with Crippen LogP contribution in [0.3, 0.4) is 0 Å². The summed E-state index contributed by atoms with van der Waals surface area (Å²) in [5, 5.41) is 3.38. The summed E-state index contributed by atoms with van der Waals surface area (Å²) in [4.78, 5) is 11.1. The number of rotatable bonds is 9. The number of alkyl halides is 3. The van der Waals surface area contributed by atoms with Crippen LogP contribution in [-0.4, -0.2) is 92.3 Å². The lowest BCUT2D eigenvalue weighted by Gasteiger charge is -2.30. The van der Waals surface area contributed by atoms with E-state index in [-0.39, 0.29) is 29.9 Å². The lowest BCUT2D eigenvalue weighted by Crippen LogP contribution is -2.42. The van der Waals surface area contributed by atoms with Crippen LogP contribution in [0.1, 0.15) is 46.5 Å². The summed E-state index contributed by atoms with van der Waals surface area (Å²) in [6.07, 6.45) is 0.445. The number of aliphatic imine (C=N–C) groups is 1. The molecule has 0 amide bonds. The fourth-order valence-corrected chi connectivity index (χ4v) is 4.47. The van der Waals surface area contributed by atoms with Crippen LogP contribution in [0.15, 0.2) is 4.99 Å². The van der Waals surface area contributed by atoms with Crippen LogP contribution in [0, 0.1) is 11.8 Å². The maximum atomic E-state index is 12.7. The third-order valence-electron chi connectivity index (χ3n) is 6.24. The molecule has 0 bridgehead atoms. The first-order chi connectivity index (χ1) is 13.8. The lowest BCUT2D eigenvalue weighted by atomic mass is 9.94. The normalized spacial score (nSPS) is 21.9. The Morgan fingerprint density at radius 1 is 1.07 bits per heavy atom. The van der Waals surface area contributed by atoms with Crippen molar-refractivity contribution in [2.24, 2.45) is 16.8 Å². The molecule has 2 fully saturated rings. The van der Waals surface area contributed by atoms with E-state index in [4.69, 9.17) is 4.99 Å². The molecule has 0 radical (unpaired) electrons. The van der Waals surface area contributed by atoms with Gasteiger partial charge in [0.25, 0.3) is 0 Å². The summed E-state index contributed by atoms with van der Waals surface area (Å²) < 4.78 is 38.2. The molecule has 30 heavy (non-hydrogen) atoms. The molecule has 5 nitrogen and oxygen atoms in total. The fourth-order valence-electron chi connectivity index (χ4n) is 4.47. The van der Waals surface area contributed by atoms with Gasteiger partial charge in [-0.3, -0.25) is 9.89 Å². The highest BCUT2D eigenvalue weighted by molar-refractivity contribution is 14.0. The van der Waals surface area contributed by atoms with E-state index >= 15 is 0 Å². The Bertz CT molecular complexity index is 496. The zero-order valence-electron chi connectivity index (χ0n) is 18.9. The Kier molecular flexibility index (Phi) is 12.9. The fraction of sp³-hybridized carbons (Fsp3) is 0.952. The Balaban J connectivity index is 0.00000450. The molecule has 9 heteroatoms. The van der Waals surface area contributed by atoms with Crippen molar-refractivity contribution in [1.82, 2.24) is 20.0 Å². The van der Waals surface area contributed by atoms with Crippen molar-refractivity contribution in [2.75, 3.05) is 65.4 Å². The van der Waals surface area contributed by atoms with Gasteiger partial charge in [0.05, 0.1) is 6.54 Å². The molecular weight excluding hydrogens is 506 g/mol. The minimum atomic E-state index is -4.13. The van der Waals surface area contributed by atoms with E-state index in [0.717, 1.165) is 57.4 Å². The quantitative estimate of drug-likeness (QED) is 0.270. The summed E-state index contributed by atoms with van der Waals surface area (Å²) >= 11 is 0. The SMILES string of the molecule is CCNC(=NCCC1CCN(CC)CC1)N1CCC(CN(CC)CC(F)(F)F)C1.I.